The fraction of sp³-hybridized carbons (Fsp3) is 0.500. The number of benzene rings is 2. The van der Waals surface area contributed by atoms with Gasteiger partial charge >= 0.3 is 0 Å². The summed E-state index contributed by atoms with van der Waals surface area (Å²) in [6.45, 7) is 6.52. The summed E-state index contributed by atoms with van der Waals surface area (Å²) in [7, 11) is 7.39. The van der Waals surface area contributed by atoms with Gasteiger partial charge in [-0.05, 0) is 51.7 Å². The zero-order chi connectivity index (χ0) is 22.1. The third-order valence-electron chi connectivity index (χ3n) is 5.12. The van der Waals surface area contributed by atoms with Gasteiger partial charge in [-0.25, -0.2) is 0 Å². The number of nitrogens with zero attached hydrogens (tertiary/aromatic N) is 2. The summed E-state index contributed by atoms with van der Waals surface area (Å²) in [4.78, 5) is 4.31. The van der Waals surface area contributed by atoms with Crippen LogP contribution < -0.4 is 14.2 Å². The lowest BCUT2D eigenvalue weighted by molar-refractivity contribution is 0.0668. The Hall–Kier alpha value is -2.28. The van der Waals surface area contributed by atoms with Crippen molar-refractivity contribution in [3.63, 3.8) is 0 Å². The van der Waals surface area contributed by atoms with Gasteiger partial charge in [-0.1, -0.05) is 24.3 Å². The minimum Gasteiger partial charge on any atom is -0.496 e. The van der Waals surface area contributed by atoms with Crippen molar-refractivity contribution >= 4 is 0 Å². The zero-order valence-corrected chi connectivity index (χ0v) is 19.1. The van der Waals surface area contributed by atoms with Crippen LogP contribution in [0.4, 0.5) is 0 Å². The van der Waals surface area contributed by atoms with Gasteiger partial charge in [0.05, 0.1) is 14.2 Å². The molecule has 6 nitrogen and oxygen atoms in total. The number of aliphatic hydroxyl groups excluding tert-OH is 1. The van der Waals surface area contributed by atoms with Crippen molar-refractivity contribution in [1.29, 1.82) is 0 Å². The number of hydrogen-bond acceptors (Lipinski definition) is 6. The summed E-state index contributed by atoms with van der Waals surface area (Å²) in [5.41, 5.74) is 2.27. The number of aliphatic hydroxyl groups is 1. The van der Waals surface area contributed by atoms with E-state index in [1.165, 1.54) is 0 Å². The first-order valence-electron chi connectivity index (χ1n) is 10.3. The molecule has 0 spiro atoms. The van der Waals surface area contributed by atoms with Crippen LogP contribution in [-0.2, 0) is 13.1 Å². The van der Waals surface area contributed by atoms with E-state index in [4.69, 9.17) is 14.2 Å². The highest BCUT2D eigenvalue weighted by atomic mass is 16.5. The van der Waals surface area contributed by atoms with E-state index < -0.39 is 6.10 Å². The maximum absolute atomic E-state index is 10.2. The van der Waals surface area contributed by atoms with Crippen LogP contribution in [0.5, 0.6) is 17.2 Å². The summed E-state index contributed by atoms with van der Waals surface area (Å²) in [6.07, 6.45) is -0.561. The Morgan fingerprint density at radius 2 is 1.60 bits per heavy atom. The van der Waals surface area contributed by atoms with Gasteiger partial charge in [0.15, 0.2) is 11.5 Å². The topological polar surface area (TPSA) is 54.4 Å². The van der Waals surface area contributed by atoms with Gasteiger partial charge in [0.25, 0.3) is 0 Å². The molecule has 0 aliphatic rings. The molecule has 0 fully saturated rings. The quantitative estimate of drug-likeness (QED) is 0.572. The number of ether oxygens (including phenoxy) is 3. The molecule has 0 unspecified atom stereocenters. The third kappa shape index (κ3) is 7.20. The summed E-state index contributed by atoms with van der Waals surface area (Å²) in [6, 6.07) is 14.4. The normalized spacial score (nSPS) is 12.5. The Bertz CT molecular complexity index is 782. The lowest BCUT2D eigenvalue weighted by atomic mass is 10.1. The minimum atomic E-state index is -0.561. The second-order valence-corrected chi connectivity index (χ2v) is 7.97. The highest BCUT2D eigenvalue weighted by Crippen LogP contribution is 2.29. The monoisotopic (exact) mass is 416 g/mol. The van der Waals surface area contributed by atoms with Crippen LogP contribution in [-0.4, -0.2) is 68.5 Å². The lowest BCUT2D eigenvalue weighted by Crippen LogP contribution is -2.36. The fourth-order valence-electron chi connectivity index (χ4n) is 3.20. The van der Waals surface area contributed by atoms with Crippen LogP contribution in [0.15, 0.2) is 42.5 Å². The van der Waals surface area contributed by atoms with Gasteiger partial charge in [-0.2, -0.15) is 0 Å². The van der Waals surface area contributed by atoms with Crippen molar-refractivity contribution in [3.8, 4) is 17.2 Å². The predicted molar refractivity (Wildman–Crippen MR) is 120 cm³/mol. The third-order valence-corrected chi connectivity index (χ3v) is 5.12. The molecule has 0 aromatic heterocycles. The second kappa shape index (κ2) is 11.8. The number of methoxy groups -OCH3 is 2. The smallest absolute Gasteiger partial charge is 0.161 e. The van der Waals surface area contributed by atoms with Gasteiger partial charge in [-0.15, -0.1) is 0 Å². The maximum Gasteiger partial charge on any atom is 0.161 e. The number of likely N-dealkylation sites (N-methyl/N-ethyl adjacent to an activating group) is 1. The average Bonchev–Trinajstić information content (AvgIpc) is 2.72. The summed E-state index contributed by atoms with van der Waals surface area (Å²) < 4.78 is 16.8. The number of rotatable bonds is 12. The van der Waals surface area contributed by atoms with Crippen molar-refractivity contribution < 1.29 is 19.3 Å². The lowest BCUT2D eigenvalue weighted by Gasteiger charge is -2.24. The average molecular weight is 417 g/mol. The molecule has 1 N–H and O–H groups in total. The van der Waals surface area contributed by atoms with Crippen LogP contribution in [0.1, 0.15) is 25.0 Å². The SMILES string of the molecule is COc1ccccc1CN(C)Cc1ccc(OC[C@@H](O)CN(C)C(C)C)c(OC)c1. The molecule has 0 aliphatic carbocycles. The fourth-order valence-corrected chi connectivity index (χ4v) is 3.20. The van der Waals surface area contributed by atoms with Crippen LogP contribution in [0, 0.1) is 0 Å². The van der Waals surface area contributed by atoms with Crippen LogP contribution in [0.25, 0.3) is 0 Å². The molecule has 0 bridgehead atoms. The van der Waals surface area contributed by atoms with E-state index in [1.54, 1.807) is 14.2 Å². The second-order valence-electron chi connectivity index (χ2n) is 7.97. The largest absolute Gasteiger partial charge is 0.496 e. The molecule has 0 aliphatic heterocycles. The molecular weight excluding hydrogens is 380 g/mol. The van der Waals surface area contributed by atoms with Gasteiger partial charge < -0.3 is 24.2 Å². The minimum absolute atomic E-state index is 0.223. The Morgan fingerprint density at radius 1 is 0.900 bits per heavy atom. The van der Waals surface area contributed by atoms with Crippen molar-refractivity contribution in [3.05, 3.63) is 53.6 Å². The summed E-state index contributed by atoms with van der Waals surface area (Å²) in [5, 5.41) is 10.2. The molecule has 2 rings (SSSR count). The molecule has 6 heteroatoms. The number of para-hydroxylation sites is 1. The summed E-state index contributed by atoms with van der Waals surface area (Å²) in [5.74, 6) is 2.20. The Labute approximate surface area is 181 Å². The molecule has 0 radical (unpaired) electrons. The van der Waals surface area contributed by atoms with E-state index in [1.807, 2.05) is 43.4 Å². The first-order chi connectivity index (χ1) is 14.3. The van der Waals surface area contributed by atoms with Crippen molar-refractivity contribution in [2.24, 2.45) is 0 Å². The first kappa shape index (κ1) is 24.0. The van der Waals surface area contributed by atoms with Gasteiger partial charge in [0.2, 0.25) is 0 Å². The van der Waals surface area contributed by atoms with E-state index in [9.17, 15) is 5.11 Å². The zero-order valence-electron chi connectivity index (χ0n) is 19.1. The van der Waals surface area contributed by atoms with Crippen LogP contribution in [0.3, 0.4) is 0 Å². The van der Waals surface area contributed by atoms with E-state index in [0.29, 0.717) is 24.1 Å². The van der Waals surface area contributed by atoms with E-state index in [0.717, 1.165) is 30.0 Å². The number of hydrogen-bond donors (Lipinski definition) is 1. The van der Waals surface area contributed by atoms with Gasteiger partial charge in [-0.3, -0.25) is 4.90 Å². The van der Waals surface area contributed by atoms with Gasteiger partial charge in [0, 0.05) is 31.2 Å². The maximum atomic E-state index is 10.2. The van der Waals surface area contributed by atoms with E-state index in [-0.39, 0.29) is 6.61 Å². The highest BCUT2D eigenvalue weighted by Gasteiger charge is 2.14. The highest BCUT2D eigenvalue weighted by molar-refractivity contribution is 5.43. The molecule has 30 heavy (non-hydrogen) atoms. The van der Waals surface area contributed by atoms with Crippen molar-refractivity contribution in [2.45, 2.75) is 39.1 Å². The molecule has 0 saturated carbocycles. The molecule has 0 saturated heterocycles. The molecule has 2 aromatic carbocycles. The van der Waals surface area contributed by atoms with Gasteiger partial charge in [0.1, 0.15) is 18.5 Å². The Kier molecular flexibility index (Phi) is 9.43. The van der Waals surface area contributed by atoms with E-state index in [2.05, 4.69) is 36.8 Å². The molecule has 166 valence electrons. The summed E-state index contributed by atoms with van der Waals surface area (Å²) >= 11 is 0. The van der Waals surface area contributed by atoms with E-state index >= 15 is 0 Å². The molecule has 1 atom stereocenters. The standard InChI is InChI=1S/C24H36N2O4/c1-18(2)26(4)16-21(27)17-30-23-12-11-19(13-24(23)29-6)14-25(3)15-20-9-7-8-10-22(20)28-5/h7-13,18,21,27H,14-17H2,1-6H3/t21-/m0/s1. The Balaban J connectivity index is 1.96. The van der Waals surface area contributed by atoms with Crippen molar-refractivity contribution in [2.75, 3.05) is 41.5 Å². The molecular formula is C24H36N2O4. The van der Waals surface area contributed by atoms with Crippen LogP contribution >= 0.6 is 0 Å². The predicted octanol–water partition coefficient (Wildman–Crippen LogP) is 3.42. The Morgan fingerprint density at radius 3 is 2.27 bits per heavy atom. The molecule has 2 aromatic rings. The first-order valence-corrected chi connectivity index (χ1v) is 10.3. The molecule has 0 amide bonds. The van der Waals surface area contributed by atoms with Crippen molar-refractivity contribution in [1.82, 2.24) is 9.80 Å². The molecule has 0 heterocycles. The van der Waals surface area contributed by atoms with Crippen LogP contribution in [0.2, 0.25) is 0 Å².